The number of aryl methyl sites for hydroxylation is 1. The minimum Gasteiger partial charge on any atom is -0.505 e. The number of nitrogens with zero attached hydrogens (tertiary/aromatic N) is 4. The molecule has 0 aromatic heterocycles. The molecular formula is C29H23N5O. The second-order valence-electron chi connectivity index (χ2n) is 8.07. The smallest absolute Gasteiger partial charge is 0.150 e. The zero-order valence-electron chi connectivity index (χ0n) is 19.1. The largest absolute Gasteiger partial charge is 0.505 e. The molecule has 0 atom stereocenters. The normalized spacial score (nSPS) is 11.5. The zero-order chi connectivity index (χ0) is 24.0. The molecule has 0 spiro atoms. The number of rotatable bonds is 6. The Labute approximate surface area is 203 Å². The monoisotopic (exact) mass is 457 g/mol. The molecule has 5 aromatic carbocycles. The number of hydrogen-bond acceptors (Lipinski definition) is 6. The molecule has 0 heterocycles. The van der Waals surface area contributed by atoms with Crippen molar-refractivity contribution in [3.05, 3.63) is 115 Å². The van der Waals surface area contributed by atoms with Crippen molar-refractivity contribution in [2.75, 3.05) is 5.32 Å². The van der Waals surface area contributed by atoms with E-state index >= 15 is 0 Å². The topological polar surface area (TPSA) is 81.7 Å². The van der Waals surface area contributed by atoms with E-state index in [9.17, 15) is 5.11 Å². The van der Waals surface area contributed by atoms with Gasteiger partial charge in [0.15, 0.2) is 5.75 Å². The van der Waals surface area contributed by atoms with E-state index in [0.717, 1.165) is 33.7 Å². The molecule has 0 aliphatic heterocycles. The van der Waals surface area contributed by atoms with Gasteiger partial charge in [-0.2, -0.15) is 15.3 Å². The number of benzene rings is 5. The van der Waals surface area contributed by atoms with Crippen LogP contribution in [0.4, 0.5) is 34.1 Å². The van der Waals surface area contributed by atoms with E-state index in [-0.39, 0.29) is 5.75 Å². The first-order chi connectivity index (χ1) is 17.2. The van der Waals surface area contributed by atoms with Crippen LogP contribution < -0.4 is 5.32 Å². The molecule has 0 radical (unpaired) electrons. The van der Waals surface area contributed by atoms with Gasteiger partial charge in [-0.25, -0.2) is 0 Å². The minimum absolute atomic E-state index is 0.0996. The number of fused-ring (bicyclic) bond motifs is 1. The predicted molar refractivity (Wildman–Crippen MR) is 141 cm³/mol. The number of aromatic hydroxyl groups is 1. The summed E-state index contributed by atoms with van der Waals surface area (Å²) in [5.74, 6) is 0.0996. The van der Waals surface area contributed by atoms with Crippen molar-refractivity contribution in [1.29, 1.82) is 0 Å². The Morgan fingerprint density at radius 2 is 1.26 bits per heavy atom. The van der Waals surface area contributed by atoms with Gasteiger partial charge in [0, 0.05) is 16.8 Å². The molecule has 6 heteroatoms. The summed E-state index contributed by atoms with van der Waals surface area (Å²) < 4.78 is 0. The molecule has 0 bridgehead atoms. The van der Waals surface area contributed by atoms with Crippen LogP contribution in [0.5, 0.6) is 5.75 Å². The van der Waals surface area contributed by atoms with Crippen LogP contribution in [0, 0.1) is 6.92 Å². The van der Waals surface area contributed by atoms with E-state index in [2.05, 4.69) is 25.8 Å². The van der Waals surface area contributed by atoms with Gasteiger partial charge in [-0.05, 0) is 84.6 Å². The molecule has 0 saturated heterocycles. The summed E-state index contributed by atoms with van der Waals surface area (Å²) >= 11 is 0. The van der Waals surface area contributed by atoms with E-state index < -0.39 is 0 Å². The molecule has 0 unspecified atom stereocenters. The Kier molecular flexibility index (Phi) is 6.26. The summed E-state index contributed by atoms with van der Waals surface area (Å²) in [6, 6.07) is 34.6. The van der Waals surface area contributed by atoms with Crippen molar-refractivity contribution < 1.29 is 5.11 Å². The third-order valence-corrected chi connectivity index (χ3v) is 5.52. The van der Waals surface area contributed by atoms with Gasteiger partial charge in [-0.15, -0.1) is 5.11 Å². The second kappa shape index (κ2) is 9.97. The first-order valence-electron chi connectivity index (χ1n) is 11.2. The van der Waals surface area contributed by atoms with E-state index in [0.29, 0.717) is 16.8 Å². The fourth-order valence-electron chi connectivity index (χ4n) is 3.68. The van der Waals surface area contributed by atoms with Crippen LogP contribution in [-0.4, -0.2) is 5.11 Å². The molecule has 5 aromatic rings. The molecule has 170 valence electrons. The Morgan fingerprint density at radius 1 is 0.571 bits per heavy atom. The fourth-order valence-corrected chi connectivity index (χ4v) is 3.68. The van der Waals surface area contributed by atoms with Crippen molar-refractivity contribution in [2.24, 2.45) is 20.5 Å². The SMILES string of the molecule is Cc1cc(N=Nc2ccc3cc(Nc4ccccc4)ccc3c2O)ccc1N=Nc1ccccc1. The van der Waals surface area contributed by atoms with E-state index in [1.54, 1.807) is 6.07 Å². The molecule has 35 heavy (non-hydrogen) atoms. The highest BCUT2D eigenvalue weighted by Gasteiger charge is 2.08. The summed E-state index contributed by atoms with van der Waals surface area (Å²) in [4.78, 5) is 0. The van der Waals surface area contributed by atoms with Gasteiger partial charge in [-0.1, -0.05) is 42.5 Å². The lowest BCUT2D eigenvalue weighted by atomic mass is 10.1. The molecule has 0 amide bonds. The Hall–Kier alpha value is -4.84. The summed E-state index contributed by atoms with van der Waals surface area (Å²) in [7, 11) is 0. The van der Waals surface area contributed by atoms with Crippen molar-refractivity contribution in [2.45, 2.75) is 6.92 Å². The van der Waals surface area contributed by atoms with Gasteiger partial charge in [-0.3, -0.25) is 0 Å². The molecule has 6 nitrogen and oxygen atoms in total. The van der Waals surface area contributed by atoms with E-state index in [1.807, 2.05) is 110 Å². The van der Waals surface area contributed by atoms with Crippen LogP contribution in [0.25, 0.3) is 10.8 Å². The van der Waals surface area contributed by atoms with Crippen LogP contribution in [0.1, 0.15) is 5.56 Å². The number of azo groups is 2. The van der Waals surface area contributed by atoms with Crippen LogP contribution in [0.3, 0.4) is 0 Å². The molecule has 0 aliphatic rings. The summed E-state index contributed by atoms with van der Waals surface area (Å²) in [6.07, 6.45) is 0. The highest BCUT2D eigenvalue weighted by Crippen LogP contribution is 2.37. The van der Waals surface area contributed by atoms with Crippen LogP contribution in [0.15, 0.2) is 130 Å². The van der Waals surface area contributed by atoms with Gasteiger partial charge in [0.2, 0.25) is 0 Å². The number of phenols is 1. The van der Waals surface area contributed by atoms with Crippen LogP contribution in [-0.2, 0) is 0 Å². The minimum atomic E-state index is 0.0996. The van der Waals surface area contributed by atoms with E-state index in [1.165, 1.54) is 0 Å². The number of hydrogen-bond donors (Lipinski definition) is 2. The van der Waals surface area contributed by atoms with Crippen molar-refractivity contribution >= 4 is 44.9 Å². The second-order valence-corrected chi connectivity index (χ2v) is 8.07. The van der Waals surface area contributed by atoms with Gasteiger partial charge in [0.1, 0.15) is 5.69 Å². The highest BCUT2D eigenvalue weighted by atomic mass is 16.3. The third kappa shape index (κ3) is 5.23. The molecule has 2 N–H and O–H groups in total. The third-order valence-electron chi connectivity index (χ3n) is 5.52. The number of nitrogens with one attached hydrogen (secondary N) is 1. The zero-order valence-corrected chi connectivity index (χ0v) is 19.1. The van der Waals surface area contributed by atoms with Gasteiger partial charge < -0.3 is 10.4 Å². The van der Waals surface area contributed by atoms with Crippen molar-refractivity contribution in [3.63, 3.8) is 0 Å². The lowest BCUT2D eigenvalue weighted by Gasteiger charge is -2.09. The highest BCUT2D eigenvalue weighted by molar-refractivity contribution is 5.94. The molecular weight excluding hydrogens is 434 g/mol. The average Bonchev–Trinajstić information content (AvgIpc) is 2.89. The van der Waals surface area contributed by atoms with Gasteiger partial charge in [0.25, 0.3) is 0 Å². The van der Waals surface area contributed by atoms with E-state index in [4.69, 9.17) is 0 Å². The summed E-state index contributed by atoms with van der Waals surface area (Å²) in [6.45, 7) is 1.95. The molecule has 0 saturated carbocycles. The Bertz CT molecular complexity index is 1530. The fraction of sp³-hybridized carbons (Fsp3) is 0.0345. The maximum Gasteiger partial charge on any atom is 0.150 e. The molecule has 0 aliphatic carbocycles. The number of para-hydroxylation sites is 1. The maximum atomic E-state index is 10.8. The van der Waals surface area contributed by atoms with Gasteiger partial charge >= 0.3 is 0 Å². The van der Waals surface area contributed by atoms with Crippen molar-refractivity contribution in [3.8, 4) is 5.75 Å². The summed E-state index contributed by atoms with van der Waals surface area (Å²) in [5, 5.41) is 33.0. The quantitative estimate of drug-likeness (QED) is 0.249. The van der Waals surface area contributed by atoms with Crippen LogP contribution >= 0.6 is 0 Å². The average molecular weight is 458 g/mol. The molecule has 0 fully saturated rings. The first kappa shape index (κ1) is 22.0. The lowest BCUT2D eigenvalue weighted by molar-refractivity contribution is 0.482. The Balaban J connectivity index is 1.34. The standard InChI is InChI=1S/C29H23N5O/c1-20-18-25(14-17-27(20)33-31-23-10-6-3-7-11-23)32-34-28-16-12-21-19-24(13-15-26(21)29(28)35)30-22-8-4-2-5-9-22/h2-19,30,35H,1H3. The maximum absolute atomic E-state index is 10.8. The number of phenolic OH excluding ortho intramolecular Hbond substituents is 1. The summed E-state index contributed by atoms with van der Waals surface area (Å²) in [5.41, 5.74) is 5.52. The Morgan fingerprint density at radius 3 is 2.03 bits per heavy atom. The first-order valence-corrected chi connectivity index (χ1v) is 11.2. The lowest BCUT2D eigenvalue weighted by Crippen LogP contribution is -1.89. The van der Waals surface area contributed by atoms with Gasteiger partial charge in [0.05, 0.1) is 17.1 Å². The van der Waals surface area contributed by atoms with Crippen molar-refractivity contribution in [1.82, 2.24) is 0 Å². The van der Waals surface area contributed by atoms with Crippen LogP contribution in [0.2, 0.25) is 0 Å². The number of anilines is 2. The predicted octanol–water partition coefficient (Wildman–Crippen LogP) is 9.43. The molecule has 5 rings (SSSR count).